The van der Waals surface area contributed by atoms with Crippen LogP contribution in [0.5, 0.6) is 0 Å². The number of piperazine rings is 1. The molecule has 3 rings (SSSR count). The number of fused-ring (bicyclic) bond motifs is 1. The molecule has 0 bridgehead atoms. The molecule has 1 unspecified atom stereocenters. The van der Waals surface area contributed by atoms with Crippen molar-refractivity contribution in [3.05, 3.63) is 36.1 Å². The molecule has 1 aromatic heterocycles. The van der Waals surface area contributed by atoms with Crippen molar-refractivity contribution in [2.45, 2.75) is 6.17 Å². The molecule has 2 aromatic rings. The lowest BCUT2D eigenvalue weighted by Gasteiger charge is -2.34. The Labute approximate surface area is 107 Å². The number of nitrogens with zero attached hydrogens (tertiary/aromatic N) is 1. The predicted octanol–water partition coefficient (Wildman–Crippen LogP) is 1.56. The van der Waals surface area contributed by atoms with Gasteiger partial charge in [0, 0.05) is 37.1 Å². The number of para-hydroxylation sites is 1. The number of hydrogen-bond acceptors (Lipinski definition) is 4. The smallest absolute Gasteiger partial charge is 0.134 e. The molecule has 0 radical (unpaired) electrons. The fraction of sp³-hybridized carbons (Fsp3) is 0.429. The highest BCUT2D eigenvalue weighted by Gasteiger charge is 2.23. The molecular weight excluding hydrogens is 226 g/mol. The molecule has 0 saturated carbocycles. The van der Waals surface area contributed by atoms with E-state index in [0.717, 1.165) is 31.8 Å². The minimum atomic E-state index is 0.232. The van der Waals surface area contributed by atoms with E-state index in [0.29, 0.717) is 0 Å². The highest BCUT2D eigenvalue weighted by atomic mass is 16.3. The summed E-state index contributed by atoms with van der Waals surface area (Å²) in [5, 5.41) is 7.99. The molecule has 1 aliphatic heterocycles. The van der Waals surface area contributed by atoms with Crippen LogP contribution < -0.4 is 10.6 Å². The van der Waals surface area contributed by atoms with Gasteiger partial charge in [0.2, 0.25) is 0 Å². The van der Waals surface area contributed by atoms with Crippen molar-refractivity contribution in [2.75, 3.05) is 33.2 Å². The second-order valence-corrected chi connectivity index (χ2v) is 4.66. The molecule has 0 spiro atoms. The molecule has 1 aliphatic rings. The summed E-state index contributed by atoms with van der Waals surface area (Å²) < 4.78 is 5.64. The van der Waals surface area contributed by atoms with Crippen LogP contribution in [0.2, 0.25) is 0 Å². The Hall–Kier alpha value is -1.36. The first-order valence-corrected chi connectivity index (χ1v) is 6.48. The Kier molecular flexibility index (Phi) is 3.32. The fourth-order valence-corrected chi connectivity index (χ4v) is 2.69. The molecule has 1 fully saturated rings. The minimum absolute atomic E-state index is 0.232. The summed E-state index contributed by atoms with van der Waals surface area (Å²) in [6.45, 7) is 4.22. The van der Waals surface area contributed by atoms with E-state index in [1.165, 1.54) is 10.9 Å². The van der Waals surface area contributed by atoms with Gasteiger partial charge < -0.3 is 15.1 Å². The van der Waals surface area contributed by atoms with Crippen LogP contribution in [0.15, 0.2) is 34.9 Å². The maximum atomic E-state index is 5.64. The molecule has 4 heteroatoms. The van der Waals surface area contributed by atoms with Crippen molar-refractivity contribution in [2.24, 2.45) is 0 Å². The van der Waals surface area contributed by atoms with Crippen LogP contribution in [0.3, 0.4) is 0 Å². The van der Waals surface area contributed by atoms with Gasteiger partial charge in [0.15, 0.2) is 0 Å². The van der Waals surface area contributed by atoms with E-state index in [4.69, 9.17) is 4.42 Å². The first-order valence-electron chi connectivity index (χ1n) is 6.48. The van der Waals surface area contributed by atoms with Crippen LogP contribution in [-0.4, -0.2) is 38.1 Å². The minimum Gasteiger partial charge on any atom is -0.464 e. The van der Waals surface area contributed by atoms with E-state index in [2.05, 4.69) is 27.7 Å². The van der Waals surface area contributed by atoms with Gasteiger partial charge in [-0.2, -0.15) is 0 Å². The summed E-state index contributed by atoms with van der Waals surface area (Å²) in [6, 6.07) is 8.21. The zero-order valence-corrected chi connectivity index (χ0v) is 10.6. The number of furan rings is 1. The normalized spacial score (nSPS) is 19.2. The first kappa shape index (κ1) is 11.7. The quantitative estimate of drug-likeness (QED) is 0.861. The summed E-state index contributed by atoms with van der Waals surface area (Å²) in [5.74, 6) is 0. The van der Waals surface area contributed by atoms with Crippen LogP contribution in [0.25, 0.3) is 11.0 Å². The molecule has 1 atom stereocenters. The van der Waals surface area contributed by atoms with Gasteiger partial charge in [0.05, 0.1) is 12.4 Å². The number of benzene rings is 1. The third kappa shape index (κ3) is 2.03. The topological polar surface area (TPSA) is 40.4 Å². The van der Waals surface area contributed by atoms with Gasteiger partial charge in [-0.25, -0.2) is 0 Å². The fourth-order valence-electron chi connectivity index (χ4n) is 2.69. The monoisotopic (exact) mass is 245 g/mol. The first-order chi connectivity index (χ1) is 8.90. The zero-order chi connectivity index (χ0) is 12.4. The lowest BCUT2D eigenvalue weighted by Crippen LogP contribution is -2.48. The van der Waals surface area contributed by atoms with Crippen molar-refractivity contribution in [1.29, 1.82) is 0 Å². The zero-order valence-electron chi connectivity index (χ0n) is 10.6. The summed E-state index contributed by atoms with van der Waals surface area (Å²) in [6.07, 6.45) is 2.11. The molecule has 0 aliphatic carbocycles. The summed E-state index contributed by atoms with van der Waals surface area (Å²) in [4.78, 5) is 2.45. The average Bonchev–Trinajstić information content (AvgIpc) is 2.85. The van der Waals surface area contributed by atoms with E-state index in [1.807, 2.05) is 25.4 Å². The Bertz CT molecular complexity index is 516. The Morgan fingerprint density at radius 1 is 1.28 bits per heavy atom. The van der Waals surface area contributed by atoms with Crippen molar-refractivity contribution < 1.29 is 4.42 Å². The Balaban J connectivity index is 1.95. The molecule has 4 nitrogen and oxygen atoms in total. The lowest BCUT2D eigenvalue weighted by molar-refractivity contribution is 0.153. The van der Waals surface area contributed by atoms with Crippen LogP contribution in [0.1, 0.15) is 11.7 Å². The number of nitrogens with one attached hydrogen (secondary N) is 2. The molecular formula is C14H19N3O. The van der Waals surface area contributed by atoms with Gasteiger partial charge in [-0.3, -0.25) is 4.90 Å². The van der Waals surface area contributed by atoms with Crippen LogP contribution in [0, 0.1) is 0 Å². The molecule has 18 heavy (non-hydrogen) atoms. The van der Waals surface area contributed by atoms with Crippen LogP contribution >= 0.6 is 0 Å². The van der Waals surface area contributed by atoms with Gasteiger partial charge >= 0.3 is 0 Å². The lowest BCUT2D eigenvalue weighted by atomic mass is 10.1. The van der Waals surface area contributed by atoms with E-state index in [1.54, 1.807) is 0 Å². The van der Waals surface area contributed by atoms with Crippen molar-refractivity contribution >= 4 is 11.0 Å². The van der Waals surface area contributed by atoms with Crippen LogP contribution in [-0.2, 0) is 0 Å². The van der Waals surface area contributed by atoms with E-state index in [9.17, 15) is 0 Å². The third-order valence-corrected chi connectivity index (χ3v) is 3.60. The number of rotatable bonds is 3. The van der Waals surface area contributed by atoms with Gasteiger partial charge in [0.1, 0.15) is 5.58 Å². The Morgan fingerprint density at radius 3 is 2.83 bits per heavy atom. The molecule has 1 aromatic carbocycles. The highest BCUT2D eigenvalue weighted by Crippen LogP contribution is 2.28. The van der Waals surface area contributed by atoms with E-state index in [-0.39, 0.29) is 6.17 Å². The number of hydrogen-bond donors (Lipinski definition) is 2. The maximum absolute atomic E-state index is 5.64. The van der Waals surface area contributed by atoms with Crippen LogP contribution in [0.4, 0.5) is 0 Å². The standard InChI is InChI=1S/C14H19N3O/c1-15-14(17-8-6-16-7-9-17)12-10-18-13-5-3-2-4-11(12)13/h2-5,10,14-16H,6-9H2,1H3. The van der Waals surface area contributed by atoms with Gasteiger partial charge in [-0.05, 0) is 13.1 Å². The summed E-state index contributed by atoms with van der Waals surface area (Å²) >= 11 is 0. The molecule has 2 N–H and O–H groups in total. The second kappa shape index (κ2) is 5.10. The van der Waals surface area contributed by atoms with Gasteiger partial charge in [0.25, 0.3) is 0 Å². The second-order valence-electron chi connectivity index (χ2n) is 4.66. The van der Waals surface area contributed by atoms with Gasteiger partial charge in [-0.1, -0.05) is 18.2 Å². The van der Waals surface area contributed by atoms with Gasteiger partial charge in [-0.15, -0.1) is 0 Å². The molecule has 96 valence electrons. The SMILES string of the molecule is CNC(c1coc2ccccc12)N1CCNCC1. The maximum Gasteiger partial charge on any atom is 0.134 e. The van der Waals surface area contributed by atoms with E-state index < -0.39 is 0 Å². The summed E-state index contributed by atoms with van der Waals surface area (Å²) in [5.41, 5.74) is 2.19. The molecule has 1 saturated heterocycles. The Morgan fingerprint density at radius 2 is 2.06 bits per heavy atom. The van der Waals surface area contributed by atoms with Crippen molar-refractivity contribution in [3.8, 4) is 0 Å². The van der Waals surface area contributed by atoms with Crippen molar-refractivity contribution in [3.63, 3.8) is 0 Å². The third-order valence-electron chi connectivity index (χ3n) is 3.60. The average molecular weight is 245 g/mol. The highest BCUT2D eigenvalue weighted by molar-refractivity contribution is 5.81. The summed E-state index contributed by atoms with van der Waals surface area (Å²) in [7, 11) is 2.01. The van der Waals surface area contributed by atoms with Crippen molar-refractivity contribution in [1.82, 2.24) is 15.5 Å². The molecule has 0 amide bonds. The molecule has 2 heterocycles. The van der Waals surface area contributed by atoms with E-state index >= 15 is 0 Å². The predicted molar refractivity (Wildman–Crippen MR) is 72.5 cm³/mol. The largest absolute Gasteiger partial charge is 0.464 e.